The van der Waals surface area contributed by atoms with Gasteiger partial charge >= 0.3 is 0 Å². The van der Waals surface area contributed by atoms with E-state index >= 15 is 0 Å². The Morgan fingerprint density at radius 2 is 1.74 bits per heavy atom. The van der Waals surface area contributed by atoms with Crippen molar-refractivity contribution in [3.63, 3.8) is 0 Å². The number of halogens is 1. The van der Waals surface area contributed by atoms with Gasteiger partial charge in [0.25, 0.3) is 0 Å². The van der Waals surface area contributed by atoms with Gasteiger partial charge in [-0.2, -0.15) is 0 Å². The number of hydrogen-bond acceptors (Lipinski definition) is 4. The Morgan fingerprint density at radius 1 is 1.00 bits per heavy atom. The van der Waals surface area contributed by atoms with Crippen LogP contribution in [0.2, 0.25) is 5.02 Å². The van der Waals surface area contributed by atoms with Crippen molar-refractivity contribution >= 4 is 17.2 Å². The fourth-order valence-corrected chi connectivity index (χ4v) is 4.83. The number of ether oxygens (including phenoxy) is 1. The quantitative estimate of drug-likeness (QED) is 0.729. The zero-order valence-electron chi connectivity index (χ0n) is 15.1. The molecule has 1 N–H and O–H groups in total. The lowest BCUT2D eigenvalue weighted by Crippen LogP contribution is -2.48. The number of fused-ring (bicyclic) bond motifs is 4. The first-order valence-electron chi connectivity index (χ1n) is 9.52. The van der Waals surface area contributed by atoms with Gasteiger partial charge in [0.1, 0.15) is 12.4 Å². The molecular weight excluding hydrogens is 362 g/mol. The van der Waals surface area contributed by atoms with E-state index < -0.39 is 5.60 Å². The predicted molar refractivity (Wildman–Crippen MR) is 103 cm³/mol. The molecule has 0 spiro atoms. The maximum Gasteiger partial charge on any atom is 0.203 e. The van der Waals surface area contributed by atoms with Gasteiger partial charge in [-0.1, -0.05) is 29.8 Å². The first-order chi connectivity index (χ1) is 13.1. The second-order valence-electron chi connectivity index (χ2n) is 7.97. The largest absolute Gasteiger partial charge is 0.485 e. The summed E-state index contributed by atoms with van der Waals surface area (Å²) < 4.78 is 8.10. The van der Waals surface area contributed by atoms with Gasteiger partial charge in [0, 0.05) is 22.2 Å². The lowest BCUT2D eigenvalue weighted by molar-refractivity contribution is -0.0682. The minimum atomic E-state index is -0.453. The number of aliphatic hydroxyl groups is 1. The monoisotopic (exact) mass is 383 g/mol. The molecule has 0 radical (unpaired) electrons. The van der Waals surface area contributed by atoms with Crippen LogP contribution in [0, 0.1) is 0 Å². The summed E-state index contributed by atoms with van der Waals surface area (Å²) in [6.07, 6.45) is 7.47. The van der Waals surface area contributed by atoms with Crippen LogP contribution in [0.1, 0.15) is 49.9 Å². The third-order valence-corrected chi connectivity index (χ3v) is 6.79. The zero-order chi connectivity index (χ0) is 18.5. The summed E-state index contributed by atoms with van der Waals surface area (Å²) in [6, 6.07) is 11.6. The van der Waals surface area contributed by atoms with Crippen LogP contribution in [-0.2, 0) is 12.0 Å². The average molecular weight is 384 g/mol. The molecule has 6 rings (SSSR count). The molecule has 3 aliphatic carbocycles. The van der Waals surface area contributed by atoms with Gasteiger partial charge in [-0.25, -0.2) is 0 Å². The van der Waals surface area contributed by atoms with E-state index in [-0.39, 0.29) is 5.41 Å². The molecule has 0 saturated heterocycles. The van der Waals surface area contributed by atoms with Crippen molar-refractivity contribution in [3.8, 4) is 5.75 Å². The average Bonchev–Trinajstić information content (AvgIpc) is 3.14. The van der Waals surface area contributed by atoms with E-state index in [1.165, 1.54) is 0 Å². The lowest BCUT2D eigenvalue weighted by Gasteiger charge is -2.49. The third kappa shape index (κ3) is 2.80. The van der Waals surface area contributed by atoms with Crippen molar-refractivity contribution < 1.29 is 9.84 Å². The van der Waals surface area contributed by atoms with E-state index in [2.05, 4.69) is 14.6 Å². The van der Waals surface area contributed by atoms with Crippen molar-refractivity contribution in [2.75, 3.05) is 0 Å². The summed E-state index contributed by atoms with van der Waals surface area (Å²) in [7, 11) is 0. The Morgan fingerprint density at radius 3 is 2.48 bits per heavy atom. The van der Waals surface area contributed by atoms with Crippen LogP contribution < -0.4 is 4.74 Å². The first-order valence-corrected chi connectivity index (χ1v) is 9.89. The van der Waals surface area contributed by atoms with Crippen molar-refractivity contribution in [1.82, 2.24) is 14.6 Å². The molecular formula is C21H22ClN3O2. The molecule has 5 nitrogen and oxygen atoms in total. The van der Waals surface area contributed by atoms with Gasteiger partial charge in [-0.3, -0.25) is 4.40 Å². The fraction of sp³-hybridized carbons (Fsp3) is 0.429. The van der Waals surface area contributed by atoms with Crippen molar-refractivity contribution in [2.45, 2.75) is 56.1 Å². The highest BCUT2D eigenvalue weighted by Crippen LogP contribution is 2.53. The molecule has 0 unspecified atom stereocenters. The maximum atomic E-state index is 10.5. The molecule has 0 atom stereocenters. The molecule has 3 fully saturated rings. The van der Waals surface area contributed by atoms with Crippen molar-refractivity contribution in [2.24, 2.45) is 0 Å². The van der Waals surface area contributed by atoms with Gasteiger partial charge < -0.3 is 9.84 Å². The molecule has 3 saturated carbocycles. The number of benzene rings is 1. The second kappa shape index (κ2) is 6.21. The Balaban J connectivity index is 1.46. The van der Waals surface area contributed by atoms with Crippen LogP contribution in [-0.4, -0.2) is 25.3 Å². The van der Waals surface area contributed by atoms with E-state index in [1.807, 2.05) is 42.6 Å². The molecule has 2 heterocycles. The van der Waals surface area contributed by atoms with Crippen LogP contribution >= 0.6 is 11.6 Å². The van der Waals surface area contributed by atoms with Crippen molar-refractivity contribution in [1.29, 1.82) is 0 Å². The normalized spacial score (nSPS) is 27.2. The molecule has 1 aromatic carbocycles. The minimum Gasteiger partial charge on any atom is -0.485 e. The second-order valence-corrected chi connectivity index (χ2v) is 8.38. The van der Waals surface area contributed by atoms with E-state index in [4.69, 9.17) is 16.3 Å². The van der Waals surface area contributed by atoms with Gasteiger partial charge in [0.2, 0.25) is 5.65 Å². The molecule has 0 amide bonds. The molecule has 2 bridgehead atoms. The van der Waals surface area contributed by atoms with E-state index in [0.29, 0.717) is 17.4 Å². The Hall–Kier alpha value is -2.11. The number of aromatic nitrogens is 3. The lowest BCUT2D eigenvalue weighted by atomic mass is 9.58. The minimum absolute atomic E-state index is 0.0191. The highest BCUT2D eigenvalue weighted by Gasteiger charge is 2.50. The maximum absolute atomic E-state index is 10.5. The zero-order valence-corrected chi connectivity index (χ0v) is 15.8. The van der Waals surface area contributed by atoms with Crippen LogP contribution in [0.4, 0.5) is 0 Å². The molecule has 27 heavy (non-hydrogen) atoms. The van der Waals surface area contributed by atoms with Crippen LogP contribution in [0.15, 0.2) is 42.6 Å². The molecule has 6 heteroatoms. The molecule has 3 aliphatic rings. The van der Waals surface area contributed by atoms with Gasteiger partial charge in [-0.15, -0.1) is 10.2 Å². The Kier molecular flexibility index (Phi) is 3.92. The summed E-state index contributed by atoms with van der Waals surface area (Å²) in [5, 5.41) is 20.2. The molecule has 3 aromatic rings. The number of nitrogens with zero attached hydrogens (tertiary/aromatic N) is 3. The molecule has 140 valence electrons. The van der Waals surface area contributed by atoms with Crippen LogP contribution in [0.3, 0.4) is 0 Å². The number of rotatable bonds is 4. The Labute approximate surface area is 162 Å². The third-order valence-electron chi connectivity index (χ3n) is 6.42. The van der Waals surface area contributed by atoms with Crippen LogP contribution in [0.5, 0.6) is 5.75 Å². The summed E-state index contributed by atoms with van der Waals surface area (Å²) in [6.45, 7) is 0.389. The van der Waals surface area contributed by atoms with Gasteiger partial charge in [0.15, 0.2) is 5.75 Å². The topological polar surface area (TPSA) is 59.7 Å². The summed E-state index contributed by atoms with van der Waals surface area (Å²) in [5.41, 5.74) is 1.25. The Bertz CT molecular complexity index is 975. The van der Waals surface area contributed by atoms with Crippen molar-refractivity contribution in [3.05, 3.63) is 59.0 Å². The van der Waals surface area contributed by atoms with E-state index in [0.717, 1.165) is 55.6 Å². The highest BCUT2D eigenvalue weighted by molar-refractivity contribution is 6.31. The summed E-state index contributed by atoms with van der Waals surface area (Å²) >= 11 is 6.23. The summed E-state index contributed by atoms with van der Waals surface area (Å²) in [4.78, 5) is 0. The number of pyridine rings is 1. The summed E-state index contributed by atoms with van der Waals surface area (Å²) in [5.74, 6) is 1.71. The highest BCUT2D eigenvalue weighted by atomic mass is 35.5. The SMILES string of the molecule is OC12CCC(c3nnc4c(OCc5ccccc5Cl)cccn34)(CC1)CC2. The van der Waals surface area contributed by atoms with Gasteiger partial charge in [-0.05, 0) is 56.7 Å². The van der Waals surface area contributed by atoms with Gasteiger partial charge in [0.05, 0.1) is 5.60 Å². The van der Waals surface area contributed by atoms with E-state index in [1.54, 1.807) is 0 Å². The first kappa shape index (κ1) is 17.0. The number of hydrogen-bond donors (Lipinski definition) is 1. The fourth-order valence-electron chi connectivity index (χ4n) is 4.64. The predicted octanol–water partition coefficient (Wildman–Crippen LogP) is 4.30. The van der Waals surface area contributed by atoms with E-state index in [9.17, 15) is 5.11 Å². The standard InChI is InChI=1S/C21H22ClN3O2/c22-16-5-2-1-4-15(16)14-27-17-6-3-13-25-18(17)23-24-19(25)20-7-10-21(26,11-8-20)12-9-20/h1-6,13,26H,7-12,14H2. The smallest absolute Gasteiger partial charge is 0.203 e. The van der Waals surface area contributed by atoms with Crippen LogP contribution in [0.25, 0.3) is 5.65 Å². The molecule has 2 aromatic heterocycles. The molecule has 0 aliphatic heterocycles.